The van der Waals surface area contributed by atoms with E-state index >= 15 is 0 Å². The Hall–Kier alpha value is -1.88. The first kappa shape index (κ1) is 20.4. The van der Waals surface area contributed by atoms with Crippen LogP contribution >= 0.6 is 0 Å². The number of benzene rings is 1. The molecule has 144 valence electrons. The van der Waals surface area contributed by atoms with Crippen molar-refractivity contribution >= 4 is 23.2 Å². The summed E-state index contributed by atoms with van der Waals surface area (Å²) in [6.45, 7) is 11.8. The van der Waals surface area contributed by atoms with Crippen molar-refractivity contribution in [2.75, 3.05) is 23.7 Å². The molecule has 1 saturated heterocycles. The van der Waals surface area contributed by atoms with Crippen LogP contribution in [0, 0.1) is 24.2 Å². The molecule has 1 heterocycles. The van der Waals surface area contributed by atoms with Gasteiger partial charge in [0, 0.05) is 23.2 Å². The number of nitrogens with one attached hydrogen (secondary N) is 3. The van der Waals surface area contributed by atoms with Crippen LogP contribution in [0.2, 0.25) is 0 Å². The van der Waals surface area contributed by atoms with Crippen molar-refractivity contribution in [3.8, 4) is 0 Å². The maximum absolute atomic E-state index is 12.4. The van der Waals surface area contributed by atoms with Gasteiger partial charge in [0.2, 0.25) is 11.8 Å². The van der Waals surface area contributed by atoms with Crippen LogP contribution in [0.1, 0.15) is 52.5 Å². The van der Waals surface area contributed by atoms with Crippen molar-refractivity contribution < 1.29 is 9.59 Å². The molecular weight excluding hydrogens is 326 g/mol. The lowest BCUT2D eigenvalue weighted by Crippen LogP contribution is -2.34. The summed E-state index contributed by atoms with van der Waals surface area (Å²) in [5, 5.41) is 9.35. The van der Waals surface area contributed by atoms with Gasteiger partial charge in [-0.3, -0.25) is 9.59 Å². The molecule has 0 spiro atoms. The van der Waals surface area contributed by atoms with E-state index in [1.54, 1.807) is 0 Å². The van der Waals surface area contributed by atoms with Crippen LogP contribution in [0.25, 0.3) is 0 Å². The number of hydrogen-bond acceptors (Lipinski definition) is 3. The van der Waals surface area contributed by atoms with Gasteiger partial charge in [-0.1, -0.05) is 33.8 Å². The maximum atomic E-state index is 12.4. The summed E-state index contributed by atoms with van der Waals surface area (Å²) in [5.74, 6) is 0.907. The number of carbonyl (C=O) groups is 2. The molecule has 0 aliphatic carbocycles. The molecular formula is C21H33N3O2. The minimum Gasteiger partial charge on any atom is -0.326 e. The average Bonchev–Trinajstić information content (AvgIpc) is 2.57. The molecule has 0 aromatic heterocycles. The zero-order valence-electron chi connectivity index (χ0n) is 16.7. The van der Waals surface area contributed by atoms with E-state index < -0.39 is 5.41 Å². The highest BCUT2D eigenvalue weighted by Gasteiger charge is 2.23. The smallest absolute Gasteiger partial charge is 0.229 e. The second-order valence-corrected chi connectivity index (χ2v) is 8.57. The summed E-state index contributed by atoms with van der Waals surface area (Å²) < 4.78 is 0. The molecule has 1 aliphatic heterocycles. The van der Waals surface area contributed by atoms with Crippen LogP contribution < -0.4 is 16.0 Å². The first-order valence-electron chi connectivity index (χ1n) is 9.59. The van der Waals surface area contributed by atoms with Crippen LogP contribution in [0.5, 0.6) is 0 Å². The molecule has 2 unspecified atom stereocenters. The van der Waals surface area contributed by atoms with Gasteiger partial charge in [-0.25, -0.2) is 0 Å². The van der Waals surface area contributed by atoms with E-state index in [0.717, 1.165) is 30.0 Å². The molecule has 1 fully saturated rings. The molecule has 0 bridgehead atoms. The van der Waals surface area contributed by atoms with Crippen LogP contribution in [-0.4, -0.2) is 24.9 Å². The summed E-state index contributed by atoms with van der Waals surface area (Å²) in [6, 6.07) is 5.64. The molecule has 3 N–H and O–H groups in total. The number of aryl methyl sites for hydroxylation is 1. The van der Waals surface area contributed by atoms with Gasteiger partial charge < -0.3 is 16.0 Å². The Balaban J connectivity index is 1.97. The Morgan fingerprint density at radius 1 is 1.27 bits per heavy atom. The molecule has 2 rings (SSSR count). The highest BCUT2D eigenvalue weighted by atomic mass is 16.2. The third-order valence-electron chi connectivity index (χ3n) is 5.10. The van der Waals surface area contributed by atoms with E-state index in [9.17, 15) is 9.59 Å². The number of anilines is 2. The Labute approximate surface area is 157 Å². The van der Waals surface area contributed by atoms with E-state index in [0.29, 0.717) is 18.3 Å². The maximum Gasteiger partial charge on any atom is 0.229 e. The van der Waals surface area contributed by atoms with Crippen LogP contribution in [-0.2, 0) is 9.59 Å². The van der Waals surface area contributed by atoms with Gasteiger partial charge in [0.1, 0.15) is 0 Å². The predicted molar refractivity (Wildman–Crippen MR) is 107 cm³/mol. The first-order chi connectivity index (χ1) is 12.2. The van der Waals surface area contributed by atoms with Crippen molar-refractivity contribution in [3.63, 3.8) is 0 Å². The van der Waals surface area contributed by atoms with E-state index in [2.05, 4.69) is 22.9 Å². The molecule has 5 heteroatoms. The summed E-state index contributed by atoms with van der Waals surface area (Å²) >= 11 is 0. The predicted octanol–water partition coefficient (Wildman–Crippen LogP) is 3.94. The van der Waals surface area contributed by atoms with E-state index in [-0.39, 0.29) is 11.8 Å². The minimum absolute atomic E-state index is 0.0278. The van der Waals surface area contributed by atoms with Crippen molar-refractivity contribution in [1.29, 1.82) is 0 Å². The number of rotatable bonds is 5. The molecule has 5 nitrogen and oxygen atoms in total. The lowest BCUT2D eigenvalue weighted by molar-refractivity contribution is -0.123. The molecule has 1 aromatic rings. The lowest BCUT2D eigenvalue weighted by atomic mass is 9.85. The van der Waals surface area contributed by atoms with E-state index in [1.807, 2.05) is 45.9 Å². The first-order valence-corrected chi connectivity index (χ1v) is 9.59. The molecule has 1 aromatic carbocycles. The number of carbonyl (C=O) groups excluding carboxylic acids is 2. The van der Waals surface area contributed by atoms with Gasteiger partial charge in [-0.15, -0.1) is 0 Å². The highest BCUT2D eigenvalue weighted by molar-refractivity contribution is 5.97. The molecule has 2 atom stereocenters. The fourth-order valence-electron chi connectivity index (χ4n) is 3.18. The summed E-state index contributed by atoms with van der Waals surface area (Å²) in [5.41, 5.74) is 1.98. The van der Waals surface area contributed by atoms with Crippen molar-refractivity contribution in [2.45, 2.75) is 53.9 Å². The van der Waals surface area contributed by atoms with Crippen LogP contribution in [0.3, 0.4) is 0 Å². The van der Waals surface area contributed by atoms with Crippen LogP contribution in [0.15, 0.2) is 18.2 Å². The Bertz CT molecular complexity index is 643. The normalized spacial score (nSPS) is 18.9. The molecule has 1 aliphatic rings. The van der Waals surface area contributed by atoms with E-state index in [4.69, 9.17) is 0 Å². The second-order valence-electron chi connectivity index (χ2n) is 8.57. The Kier molecular flexibility index (Phi) is 6.81. The largest absolute Gasteiger partial charge is 0.326 e. The fraction of sp³-hybridized carbons (Fsp3) is 0.619. The number of amides is 2. The zero-order chi connectivity index (χ0) is 19.3. The second kappa shape index (κ2) is 8.67. The van der Waals surface area contributed by atoms with Crippen molar-refractivity contribution in [3.05, 3.63) is 23.8 Å². The third kappa shape index (κ3) is 5.84. The molecule has 0 saturated carbocycles. The summed E-state index contributed by atoms with van der Waals surface area (Å²) in [4.78, 5) is 24.7. The van der Waals surface area contributed by atoms with E-state index in [1.165, 1.54) is 12.8 Å². The van der Waals surface area contributed by atoms with Gasteiger partial charge in [-0.05, 0) is 62.4 Å². The van der Waals surface area contributed by atoms with Gasteiger partial charge >= 0.3 is 0 Å². The fourth-order valence-corrected chi connectivity index (χ4v) is 3.18. The minimum atomic E-state index is -0.463. The standard InChI is InChI=1S/C21H33N3O2/c1-14-8-9-17(12-18(14)24-20(26)21(3,4)5)23-19(25)11-15(2)16-7-6-10-22-13-16/h8-9,12,15-16,22H,6-7,10-11,13H2,1-5H3,(H,23,25)(H,24,26). The molecule has 26 heavy (non-hydrogen) atoms. The van der Waals surface area contributed by atoms with Gasteiger partial charge in [-0.2, -0.15) is 0 Å². The SMILES string of the molecule is Cc1ccc(NC(=O)CC(C)C2CCCNC2)cc1NC(=O)C(C)(C)C. The van der Waals surface area contributed by atoms with Crippen molar-refractivity contribution in [2.24, 2.45) is 17.3 Å². The molecule has 0 radical (unpaired) electrons. The highest BCUT2D eigenvalue weighted by Crippen LogP contribution is 2.25. The van der Waals surface area contributed by atoms with Gasteiger partial charge in [0.05, 0.1) is 0 Å². The summed E-state index contributed by atoms with van der Waals surface area (Å²) in [7, 11) is 0. The van der Waals surface area contributed by atoms with Gasteiger partial charge in [0.25, 0.3) is 0 Å². The van der Waals surface area contributed by atoms with Gasteiger partial charge in [0.15, 0.2) is 0 Å². The zero-order valence-corrected chi connectivity index (χ0v) is 16.7. The number of hydrogen-bond donors (Lipinski definition) is 3. The van der Waals surface area contributed by atoms with Crippen molar-refractivity contribution in [1.82, 2.24) is 5.32 Å². The van der Waals surface area contributed by atoms with Crippen LogP contribution in [0.4, 0.5) is 11.4 Å². The summed E-state index contributed by atoms with van der Waals surface area (Å²) in [6.07, 6.45) is 2.89. The average molecular weight is 360 g/mol. The third-order valence-corrected chi connectivity index (χ3v) is 5.10. The monoisotopic (exact) mass is 359 g/mol. The Morgan fingerprint density at radius 2 is 2.00 bits per heavy atom. The topological polar surface area (TPSA) is 70.2 Å². The molecule has 2 amide bonds. The lowest BCUT2D eigenvalue weighted by Gasteiger charge is -2.28. The quantitative estimate of drug-likeness (QED) is 0.746. The Morgan fingerprint density at radius 3 is 2.62 bits per heavy atom. The number of piperidine rings is 1.